The SMILES string of the molecule is CCCCCC1(C)CCC(O)C1. The van der Waals surface area contributed by atoms with Crippen LogP contribution < -0.4 is 0 Å². The fraction of sp³-hybridized carbons (Fsp3) is 1.00. The second kappa shape index (κ2) is 4.27. The molecule has 0 aliphatic heterocycles. The summed E-state index contributed by atoms with van der Waals surface area (Å²) in [6.45, 7) is 4.57. The van der Waals surface area contributed by atoms with Gasteiger partial charge in [0.1, 0.15) is 0 Å². The lowest BCUT2D eigenvalue weighted by molar-refractivity contribution is 0.159. The third kappa shape index (κ3) is 2.78. The molecule has 1 saturated carbocycles. The lowest BCUT2D eigenvalue weighted by Crippen LogP contribution is -2.12. The van der Waals surface area contributed by atoms with Crippen molar-refractivity contribution in [2.45, 2.75) is 64.9 Å². The Kier molecular flexibility index (Phi) is 3.57. The third-order valence-electron chi connectivity index (χ3n) is 3.19. The minimum absolute atomic E-state index is 0.00312. The van der Waals surface area contributed by atoms with E-state index in [4.69, 9.17) is 0 Å². The van der Waals surface area contributed by atoms with Gasteiger partial charge < -0.3 is 5.11 Å². The molecule has 1 aliphatic rings. The minimum atomic E-state index is -0.00312. The largest absolute Gasteiger partial charge is 0.393 e. The molecule has 1 fully saturated rings. The average Bonchev–Trinajstić information content (AvgIpc) is 2.32. The van der Waals surface area contributed by atoms with Gasteiger partial charge in [-0.1, -0.05) is 33.1 Å². The van der Waals surface area contributed by atoms with Gasteiger partial charge in [-0.2, -0.15) is 0 Å². The van der Waals surface area contributed by atoms with Gasteiger partial charge >= 0.3 is 0 Å². The molecule has 1 N–H and O–H groups in total. The summed E-state index contributed by atoms with van der Waals surface area (Å²) in [5.74, 6) is 0. The molecule has 72 valence electrons. The van der Waals surface area contributed by atoms with Crippen LogP contribution in [0.15, 0.2) is 0 Å². The molecular weight excluding hydrogens is 148 g/mol. The molecule has 0 spiro atoms. The quantitative estimate of drug-likeness (QED) is 0.643. The Balaban J connectivity index is 2.21. The highest BCUT2D eigenvalue weighted by molar-refractivity contribution is 4.85. The van der Waals surface area contributed by atoms with E-state index in [-0.39, 0.29) is 6.10 Å². The van der Waals surface area contributed by atoms with Gasteiger partial charge in [0.15, 0.2) is 0 Å². The molecule has 1 heteroatoms. The Morgan fingerprint density at radius 2 is 2.17 bits per heavy atom. The van der Waals surface area contributed by atoms with Crippen LogP contribution in [0.3, 0.4) is 0 Å². The van der Waals surface area contributed by atoms with Crippen molar-refractivity contribution in [3.05, 3.63) is 0 Å². The lowest BCUT2D eigenvalue weighted by atomic mass is 9.83. The first-order valence-electron chi connectivity index (χ1n) is 5.34. The molecular formula is C11H22O. The summed E-state index contributed by atoms with van der Waals surface area (Å²) in [5.41, 5.74) is 0.467. The van der Waals surface area contributed by atoms with Gasteiger partial charge in [0.05, 0.1) is 6.10 Å². The highest BCUT2D eigenvalue weighted by atomic mass is 16.3. The van der Waals surface area contributed by atoms with E-state index < -0.39 is 0 Å². The fourth-order valence-corrected chi connectivity index (χ4v) is 2.32. The molecule has 2 unspecified atom stereocenters. The standard InChI is InChI=1S/C11H22O/c1-3-4-5-7-11(2)8-6-10(12)9-11/h10,12H,3-9H2,1-2H3. The van der Waals surface area contributed by atoms with E-state index in [9.17, 15) is 5.11 Å². The van der Waals surface area contributed by atoms with E-state index in [0.717, 1.165) is 12.8 Å². The van der Waals surface area contributed by atoms with E-state index in [2.05, 4.69) is 13.8 Å². The molecule has 0 amide bonds. The van der Waals surface area contributed by atoms with Crippen molar-refractivity contribution < 1.29 is 5.11 Å². The van der Waals surface area contributed by atoms with Crippen LogP contribution >= 0.6 is 0 Å². The van der Waals surface area contributed by atoms with E-state index in [0.29, 0.717) is 5.41 Å². The van der Waals surface area contributed by atoms with E-state index in [1.54, 1.807) is 0 Å². The second-order valence-corrected chi connectivity index (χ2v) is 4.66. The first-order chi connectivity index (χ1) is 5.66. The second-order valence-electron chi connectivity index (χ2n) is 4.66. The van der Waals surface area contributed by atoms with E-state index >= 15 is 0 Å². The van der Waals surface area contributed by atoms with Crippen molar-refractivity contribution in [1.29, 1.82) is 0 Å². The molecule has 0 saturated heterocycles. The molecule has 0 bridgehead atoms. The van der Waals surface area contributed by atoms with Crippen molar-refractivity contribution in [3.63, 3.8) is 0 Å². The first kappa shape index (κ1) is 10.0. The average molecular weight is 170 g/mol. The van der Waals surface area contributed by atoms with Crippen LogP contribution in [-0.4, -0.2) is 11.2 Å². The van der Waals surface area contributed by atoms with Crippen LogP contribution in [0.2, 0.25) is 0 Å². The number of hydrogen-bond acceptors (Lipinski definition) is 1. The maximum Gasteiger partial charge on any atom is 0.0545 e. The summed E-state index contributed by atoms with van der Waals surface area (Å²) in [6, 6.07) is 0. The van der Waals surface area contributed by atoms with Gasteiger partial charge in [0.25, 0.3) is 0 Å². The van der Waals surface area contributed by atoms with Crippen LogP contribution in [0.5, 0.6) is 0 Å². The Morgan fingerprint density at radius 1 is 1.42 bits per heavy atom. The van der Waals surface area contributed by atoms with Crippen molar-refractivity contribution in [2.24, 2.45) is 5.41 Å². The molecule has 0 heterocycles. The zero-order chi connectivity index (χ0) is 9.03. The Hall–Kier alpha value is -0.0400. The maximum atomic E-state index is 9.42. The van der Waals surface area contributed by atoms with Crippen LogP contribution in [0, 0.1) is 5.41 Å². The van der Waals surface area contributed by atoms with Crippen LogP contribution in [0.1, 0.15) is 58.8 Å². The summed E-state index contributed by atoms with van der Waals surface area (Å²) in [6.07, 6.45) is 8.62. The van der Waals surface area contributed by atoms with Crippen molar-refractivity contribution in [2.75, 3.05) is 0 Å². The first-order valence-corrected chi connectivity index (χ1v) is 5.34. The van der Waals surface area contributed by atoms with Crippen LogP contribution in [0.25, 0.3) is 0 Å². The Morgan fingerprint density at radius 3 is 2.67 bits per heavy atom. The zero-order valence-corrected chi connectivity index (χ0v) is 8.47. The van der Waals surface area contributed by atoms with Crippen molar-refractivity contribution in [3.8, 4) is 0 Å². The molecule has 0 aromatic carbocycles. The smallest absolute Gasteiger partial charge is 0.0545 e. The number of rotatable bonds is 4. The topological polar surface area (TPSA) is 20.2 Å². The molecule has 0 radical (unpaired) electrons. The Bertz CT molecular complexity index is 133. The molecule has 1 nitrogen and oxygen atoms in total. The van der Waals surface area contributed by atoms with Gasteiger partial charge in [0, 0.05) is 0 Å². The van der Waals surface area contributed by atoms with Gasteiger partial charge in [-0.05, 0) is 31.1 Å². The predicted octanol–water partition coefficient (Wildman–Crippen LogP) is 3.12. The summed E-state index contributed by atoms with van der Waals surface area (Å²) in [4.78, 5) is 0. The molecule has 0 aromatic heterocycles. The summed E-state index contributed by atoms with van der Waals surface area (Å²) in [5, 5.41) is 9.42. The van der Waals surface area contributed by atoms with Gasteiger partial charge in [0.2, 0.25) is 0 Å². The van der Waals surface area contributed by atoms with Crippen LogP contribution in [0.4, 0.5) is 0 Å². The number of aliphatic hydroxyl groups is 1. The Labute approximate surface area is 76.2 Å². The predicted molar refractivity (Wildman–Crippen MR) is 52.1 cm³/mol. The minimum Gasteiger partial charge on any atom is -0.393 e. The molecule has 12 heavy (non-hydrogen) atoms. The fourth-order valence-electron chi connectivity index (χ4n) is 2.32. The van der Waals surface area contributed by atoms with Gasteiger partial charge in [-0.25, -0.2) is 0 Å². The van der Waals surface area contributed by atoms with E-state index in [1.165, 1.54) is 32.1 Å². The lowest BCUT2D eigenvalue weighted by Gasteiger charge is -2.23. The van der Waals surface area contributed by atoms with Gasteiger partial charge in [-0.3, -0.25) is 0 Å². The number of unbranched alkanes of at least 4 members (excludes halogenated alkanes) is 2. The van der Waals surface area contributed by atoms with Gasteiger partial charge in [-0.15, -0.1) is 0 Å². The normalized spacial score (nSPS) is 35.8. The molecule has 1 rings (SSSR count). The zero-order valence-electron chi connectivity index (χ0n) is 8.47. The number of aliphatic hydroxyl groups excluding tert-OH is 1. The summed E-state index contributed by atoms with van der Waals surface area (Å²) >= 11 is 0. The molecule has 0 aromatic rings. The highest BCUT2D eigenvalue weighted by Crippen LogP contribution is 2.41. The molecule has 1 aliphatic carbocycles. The van der Waals surface area contributed by atoms with E-state index in [1.807, 2.05) is 0 Å². The molecule has 2 atom stereocenters. The highest BCUT2D eigenvalue weighted by Gasteiger charge is 2.33. The summed E-state index contributed by atoms with van der Waals surface area (Å²) < 4.78 is 0. The third-order valence-corrected chi connectivity index (χ3v) is 3.19. The maximum absolute atomic E-state index is 9.42. The summed E-state index contributed by atoms with van der Waals surface area (Å²) in [7, 11) is 0. The number of hydrogen-bond donors (Lipinski definition) is 1. The van der Waals surface area contributed by atoms with Crippen molar-refractivity contribution >= 4 is 0 Å². The van der Waals surface area contributed by atoms with Crippen molar-refractivity contribution in [1.82, 2.24) is 0 Å². The van der Waals surface area contributed by atoms with Crippen LogP contribution in [-0.2, 0) is 0 Å². The monoisotopic (exact) mass is 170 g/mol.